The molecule has 1 amide bonds. The van der Waals surface area contributed by atoms with Crippen LogP contribution >= 0.6 is 22.7 Å². The number of thiophene rings is 1. The number of carboxylic acid groups (broad SMARTS) is 1. The fraction of sp³-hybridized carbons (Fsp3) is 0.111. The van der Waals surface area contributed by atoms with Crippen LogP contribution in [0, 0.1) is 0 Å². The van der Waals surface area contributed by atoms with E-state index in [1.54, 1.807) is 6.92 Å². The van der Waals surface area contributed by atoms with Gasteiger partial charge in [-0.2, -0.15) is 0 Å². The van der Waals surface area contributed by atoms with Crippen LogP contribution in [-0.4, -0.2) is 34.5 Å². The fourth-order valence-corrected chi connectivity index (χ4v) is 4.53. The van der Waals surface area contributed by atoms with E-state index < -0.39 is 17.8 Å². The number of fused-ring (bicyclic) bond motifs is 1. The molecule has 0 atom stereocenters. The average molecular weight is 417 g/mol. The molecule has 3 rings (SSSR count). The lowest BCUT2D eigenvalue weighted by Gasteiger charge is -2.05. The number of esters is 1. The van der Waals surface area contributed by atoms with Crippen LogP contribution in [0.1, 0.15) is 17.3 Å². The number of hydrogen-bond acceptors (Lipinski definition) is 8. The van der Waals surface area contributed by atoms with Crippen LogP contribution in [-0.2, 0) is 14.3 Å². The molecule has 4 N–H and O–H groups in total. The Bertz CT molecular complexity index is 1070. The van der Waals surface area contributed by atoms with Gasteiger partial charge in [-0.05, 0) is 19.1 Å². The number of anilines is 2. The maximum atomic E-state index is 12.4. The van der Waals surface area contributed by atoms with Gasteiger partial charge in [-0.25, -0.2) is 14.6 Å². The number of rotatable bonds is 6. The van der Waals surface area contributed by atoms with E-state index in [0.717, 1.165) is 27.6 Å². The number of carbonyl (C=O) groups is 3. The Kier molecular flexibility index (Phi) is 5.71. The summed E-state index contributed by atoms with van der Waals surface area (Å²) in [5.74, 6) is -2.65. The summed E-state index contributed by atoms with van der Waals surface area (Å²) >= 11 is 2.49. The van der Waals surface area contributed by atoms with Crippen LogP contribution in [0.4, 0.5) is 10.7 Å². The average Bonchev–Trinajstić information content (AvgIpc) is 3.21. The first kappa shape index (κ1) is 19.5. The zero-order chi connectivity index (χ0) is 20.3. The molecule has 0 saturated heterocycles. The lowest BCUT2D eigenvalue weighted by molar-refractivity contribution is -0.131. The highest BCUT2D eigenvalue weighted by molar-refractivity contribution is 7.27. The van der Waals surface area contributed by atoms with Crippen molar-refractivity contribution in [1.29, 1.82) is 0 Å². The Balaban J connectivity index is 2.05. The van der Waals surface area contributed by atoms with Gasteiger partial charge in [0.05, 0.1) is 27.4 Å². The Hall–Kier alpha value is -3.24. The minimum atomic E-state index is -1.26. The lowest BCUT2D eigenvalue weighted by Crippen LogP contribution is -2.13. The molecule has 0 aliphatic rings. The minimum Gasteiger partial charge on any atom is -0.478 e. The molecule has 2 heterocycles. The van der Waals surface area contributed by atoms with E-state index in [1.807, 2.05) is 24.3 Å². The third-order valence-corrected chi connectivity index (χ3v) is 5.84. The van der Waals surface area contributed by atoms with E-state index in [9.17, 15) is 14.4 Å². The standard InChI is InChI=1S/C18H15N3O5S2/c1-2-26-18(25)13-14(19)15(17-20-9-5-3-4-6-10(9)27-17)28-16(13)21-11(22)7-8-12(23)24/h3-8H,2,19H2,1H3,(H,21,22)(H,23,24). The van der Waals surface area contributed by atoms with E-state index in [-0.39, 0.29) is 22.9 Å². The van der Waals surface area contributed by atoms with Crippen molar-refractivity contribution >= 4 is 61.4 Å². The van der Waals surface area contributed by atoms with E-state index >= 15 is 0 Å². The van der Waals surface area contributed by atoms with Crippen molar-refractivity contribution in [2.75, 3.05) is 17.7 Å². The molecular formula is C18H15N3O5S2. The summed E-state index contributed by atoms with van der Waals surface area (Å²) in [6.07, 6.45) is 1.55. The Labute approximate surface area is 167 Å². The molecule has 1 aromatic carbocycles. The number of hydrogen-bond donors (Lipinski definition) is 3. The number of thiazole rings is 1. The summed E-state index contributed by atoms with van der Waals surface area (Å²) in [5, 5.41) is 11.9. The van der Waals surface area contributed by atoms with Crippen molar-refractivity contribution in [2.24, 2.45) is 0 Å². The van der Waals surface area contributed by atoms with Crippen molar-refractivity contribution in [3.05, 3.63) is 42.0 Å². The van der Waals surface area contributed by atoms with Crippen LogP contribution in [0.5, 0.6) is 0 Å². The number of nitrogens with zero attached hydrogens (tertiary/aromatic N) is 1. The highest BCUT2D eigenvalue weighted by Crippen LogP contribution is 2.45. The number of nitrogens with two attached hydrogens (primary N) is 1. The molecule has 8 nitrogen and oxygen atoms in total. The van der Waals surface area contributed by atoms with E-state index in [4.69, 9.17) is 15.6 Å². The minimum absolute atomic E-state index is 0.0261. The number of para-hydroxylation sites is 1. The monoisotopic (exact) mass is 417 g/mol. The quantitative estimate of drug-likeness (QED) is 0.414. The first-order valence-electron chi connectivity index (χ1n) is 8.08. The van der Waals surface area contributed by atoms with Crippen LogP contribution in [0.25, 0.3) is 20.1 Å². The van der Waals surface area contributed by atoms with Gasteiger partial charge < -0.3 is 20.9 Å². The number of ether oxygens (including phenoxy) is 1. The van der Waals surface area contributed by atoms with Gasteiger partial charge in [-0.3, -0.25) is 4.79 Å². The Morgan fingerprint density at radius 1 is 1.25 bits per heavy atom. The highest BCUT2D eigenvalue weighted by atomic mass is 32.1. The Morgan fingerprint density at radius 3 is 2.68 bits per heavy atom. The normalized spacial score (nSPS) is 11.0. The van der Waals surface area contributed by atoms with Gasteiger partial charge in [0.25, 0.3) is 0 Å². The summed E-state index contributed by atoms with van der Waals surface area (Å²) in [6, 6.07) is 7.55. The number of benzene rings is 1. The first-order valence-corrected chi connectivity index (χ1v) is 9.71. The van der Waals surface area contributed by atoms with Gasteiger partial charge in [0.15, 0.2) is 0 Å². The number of amides is 1. The Morgan fingerprint density at radius 2 is 2.00 bits per heavy atom. The van der Waals surface area contributed by atoms with Crippen LogP contribution in [0.15, 0.2) is 36.4 Å². The maximum absolute atomic E-state index is 12.4. The van der Waals surface area contributed by atoms with Crippen molar-refractivity contribution < 1.29 is 24.2 Å². The summed E-state index contributed by atoms with van der Waals surface area (Å²) in [7, 11) is 0. The highest BCUT2D eigenvalue weighted by Gasteiger charge is 2.26. The molecule has 0 spiro atoms. The molecule has 28 heavy (non-hydrogen) atoms. The van der Waals surface area contributed by atoms with Crippen molar-refractivity contribution in [1.82, 2.24) is 4.98 Å². The van der Waals surface area contributed by atoms with Crippen LogP contribution < -0.4 is 11.1 Å². The van der Waals surface area contributed by atoms with E-state index in [0.29, 0.717) is 16.0 Å². The van der Waals surface area contributed by atoms with Gasteiger partial charge in [-0.15, -0.1) is 22.7 Å². The molecule has 0 aliphatic heterocycles. The third kappa shape index (κ3) is 4.02. The van der Waals surface area contributed by atoms with E-state index in [2.05, 4.69) is 10.3 Å². The lowest BCUT2D eigenvalue weighted by atomic mass is 10.2. The van der Waals surface area contributed by atoms with Gasteiger partial charge in [-0.1, -0.05) is 12.1 Å². The molecule has 0 bridgehead atoms. The van der Waals surface area contributed by atoms with E-state index in [1.165, 1.54) is 11.3 Å². The number of carboxylic acids is 1. The second-order valence-electron chi connectivity index (χ2n) is 5.42. The zero-order valence-electron chi connectivity index (χ0n) is 14.6. The van der Waals surface area contributed by atoms with Gasteiger partial charge >= 0.3 is 11.9 Å². The number of nitrogens with one attached hydrogen (secondary N) is 1. The predicted molar refractivity (Wildman–Crippen MR) is 109 cm³/mol. The van der Waals surface area contributed by atoms with Crippen LogP contribution in [0.3, 0.4) is 0 Å². The number of aromatic nitrogens is 1. The third-order valence-electron chi connectivity index (χ3n) is 3.53. The molecule has 2 aromatic heterocycles. The molecule has 0 aliphatic carbocycles. The van der Waals surface area contributed by atoms with Crippen molar-refractivity contribution in [2.45, 2.75) is 6.92 Å². The largest absolute Gasteiger partial charge is 0.478 e. The summed E-state index contributed by atoms with van der Waals surface area (Å²) < 4.78 is 6.00. The van der Waals surface area contributed by atoms with Crippen LogP contribution in [0.2, 0.25) is 0 Å². The first-order chi connectivity index (χ1) is 13.4. The molecular weight excluding hydrogens is 402 g/mol. The zero-order valence-corrected chi connectivity index (χ0v) is 16.2. The SMILES string of the molecule is CCOC(=O)c1c(NC(=O)C=CC(=O)O)sc(-c2nc3ccccc3s2)c1N. The maximum Gasteiger partial charge on any atom is 0.343 e. The summed E-state index contributed by atoms with van der Waals surface area (Å²) in [5.41, 5.74) is 7.17. The molecule has 0 saturated carbocycles. The second kappa shape index (κ2) is 8.19. The van der Waals surface area contributed by atoms with Gasteiger partial charge in [0.1, 0.15) is 15.6 Å². The predicted octanol–water partition coefficient (Wildman–Crippen LogP) is 3.36. The fourth-order valence-electron chi connectivity index (χ4n) is 2.37. The summed E-state index contributed by atoms with van der Waals surface area (Å²) in [6.45, 7) is 1.79. The number of nitrogen functional groups attached to an aromatic ring is 1. The molecule has 10 heteroatoms. The topological polar surface area (TPSA) is 132 Å². The number of aliphatic carboxylic acids is 1. The smallest absolute Gasteiger partial charge is 0.343 e. The summed E-state index contributed by atoms with van der Waals surface area (Å²) in [4.78, 5) is 40.0. The number of carbonyl (C=O) groups excluding carboxylic acids is 2. The second-order valence-corrected chi connectivity index (χ2v) is 7.47. The molecule has 144 valence electrons. The van der Waals surface area contributed by atoms with Crippen molar-refractivity contribution in [3.63, 3.8) is 0 Å². The molecule has 0 radical (unpaired) electrons. The van der Waals surface area contributed by atoms with Crippen molar-refractivity contribution in [3.8, 4) is 9.88 Å². The molecule has 0 fully saturated rings. The molecule has 3 aromatic rings. The van der Waals surface area contributed by atoms with Gasteiger partial charge in [0.2, 0.25) is 5.91 Å². The van der Waals surface area contributed by atoms with Gasteiger partial charge in [0, 0.05) is 12.2 Å². The molecule has 0 unspecified atom stereocenters.